The topological polar surface area (TPSA) is 40.5 Å². The molecule has 1 aliphatic carbocycles. The maximum Gasteiger partial charge on any atom is 0.130 e. The zero-order chi connectivity index (χ0) is 11.0. The Labute approximate surface area is 84.5 Å². The third kappa shape index (κ3) is 1.44. The fourth-order valence-corrected chi connectivity index (χ4v) is 2.25. The normalized spacial score (nSPS) is 47.4. The van der Waals surface area contributed by atoms with Crippen molar-refractivity contribution in [1.82, 2.24) is 0 Å². The van der Waals surface area contributed by atoms with Gasteiger partial charge in [0.25, 0.3) is 0 Å². The minimum Gasteiger partial charge on any atom is -0.395 e. The third-order valence-electron chi connectivity index (χ3n) is 3.41. The fraction of sp³-hybridized carbons (Fsp3) is 0.700. The monoisotopic (exact) mass is 198 g/mol. The molecule has 0 aromatic carbocycles. The van der Waals surface area contributed by atoms with Crippen molar-refractivity contribution in [3.8, 4) is 0 Å². The molecule has 2 nitrogen and oxygen atoms in total. The highest BCUT2D eigenvalue weighted by molar-refractivity contribution is 6.13. The average molecular weight is 198 g/mol. The molecule has 14 heavy (non-hydrogen) atoms. The van der Waals surface area contributed by atoms with Gasteiger partial charge in [-0.05, 0) is 25.2 Å². The highest BCUT2D eigenvalue weighted by atomic mass is 19.1. The van der Waals surface area contributed by atoms with Crippen LogP contribution in [0.4, 0.5) is 4.39 Å². The van der Waals surface area contributed by atoms with Gasteiger partial charge in [0, 0.05) is 5.41 Å². The van der Waals surface area contributed by atoms with Crippen LogP contribution in [0.1, 0.15) is 13.3 Å². The van der Waals surface area contributed by atoms with Crippen molar-refractivity contribution in [3.63, 3.8) is 0 Å². The summed E-state index contributed by atoms with van der Waals surface area (Å²) in [4.78, 5) is 0. The Morgan fingerprint density at radius 1 is 1.79 bits per heavy atom. The lowest BCUT2D eigenvalue weighted by atomic mass is 9.77. The van der Waals surface area contributed by atoms with Crippen LogP contribution in [0.25, 0.3) is 0 Å². The van der Waals surface area contributed by atoms with Crippen LogP contribution in [-0.2, 0) is 0 Å². The summed E-state index contributed by atoms with van der Waals surface area (Å²) in [5.41, 5.74) is -0.0402. The van der Waals surface area contributed by atoms with Crippen molar-refractivity contribution in [1.29, 1.82) is 0 Å². The van der Waals surface area contributed by atoms with Gasteiger partial charge in [-0.15, -0.1) is 5.73 Å². The minimum absolute atomic E-state index is 0.277. The van der Waals surface area contributed by atoms with Crippen LogP contribution in [0.2, 0.25) is 5.82 Å². The fourth-order valence-electron chi connectivity index (χ4n) is 2.25. The first-order chi connectivity index (χ1) is 6.40. The summed E-state index contributed by atoms with van der Waals surface area (Å²) in [6, 6.07) is 0. The second-order valence-electron chi connectivity index (χ2n) is 4.40. The number of rotatable bonds is 2. The van der Waals surface area contributed by atoms with Crippen LogP contribution in [0.15, 0.2) is 18.4 Å². The molecule has 2 N–H and O–H groups in total. The SMILES string of the molecule is B[C@@H]1C[C@](C=C=C)(CO)[C@H](O)C1(C)F. The van der Waals surface area contributed by atoms with Crippen molar-refractivity contribution in [2.24, 2.45) is 5.41 Å². The molecule has 1 rings (SSSR count). The van der Waals surface area contributed by atoms with Crippen molar-refractivity contribution >= 4 is 7.85 Å². The van der Waals surface area contributed by atoms with Gasteiger partial charge in [-0.2, -0.15) is 0 Å². The van der Waals surface area contributed by atoms with E-state index in [0.717, 1.165) is 0 Å². The van der Waals surface area contributed by atoms with Gasteiger partial charge in [-0.25, -0.2) is 4.39 Å². The van der Waals surface area contributed by atoms with E-state index in [9.17, 15) is 14.6 Å². The van der Waals surface area contributed by atoms with Gasteiger partial charge in [0.2, 0.25) is 0 Å². The quantitative estimate of drug-likeness (QED) is 0.492. The summed E-state index contributed by atoms with van der Waals surface area (Å²) in [5, 5.41) is 19.1. The van der Waals surface area contributed by atoms with Crippen molar-refractivity contribution in [2.75, 3.05) is 6.61 Å². The summed E-state index contributed by atoms with van der Waals surface area (Å²) >= 11 is 0. The van der Waals surface area contributed by atoms with E-state index in [-0.39, 0.29) is 12.4 Å². The van der Waals surface area contributed by atoms with Gasteiger partial charge in [0.15, 0.2) is 0 Å². The molecule has 0 heterocycles. The number of aliphatic hydroxyl groups excluding tert-OH is 2. The number of hydrogen-bond acceptors (Lipinski definition) is 2. The van der Waals surface area contributed by atoms with Crippen LogP contribution in [0.3, 0.4) is 0 Å². The molecule has 1 saturated carbocycles. The van der Waals surface area contributed by atoms with Crippen molar-refractivity contribution in [2.45, 2.75) is 30.9 Å². The summed E-state index contributed by atoms with van der Waals surface area (Å²) in [6.07, 6.45) is 0.711. The zero-order valence-electron chi connectivity index (χ0n) is 8.63. The van der Waals surface area contributed by atoms with Crippen LogP contribution in [-0.4, -0.2) is 36.4 Å². The lowest BCUT2D eigenvalue weighted by Gasteiger charge is -2.30. The largest absolute Gasteiger partial charge is 0.395 e. The number of alkyl halides is 1. The number of hydrogen-bond donors (Lipinski definition) is 2. The maximum atomic E-state index is 14.0. The molecule has 1 unspecified atom stereocenters. The lowest BCUT2D eigenvalue weighted by molar-refractivity contribution is -0.0351. The molecule has 0 saturated heterocycles. The molecule has 1 fully saturated rings. The maximum absolute atomic E-state index is 14.0. The average Bonchev–Trinajstić information content (AvgIpc) is 2.29. The predicted molar refractivity (Wildman–Crippen MR) is 55.7 cm³/mol. The lowest BCUT2D eigenvalue weighted by Crippen LogP contribution is -2.42. The molecule has 0 spiro atoms. The predicted octanol–water partition coefficient (Wildman–Crippen LogP) is 0.221. The minimum atomic E-state index is -1.66. The van der Waals surface area contributed by atoms with Gasteiger partial charge < -0.3 is 10.2 Å². The van der Waals surface area contributed by atoms with Crippen molar-refractivity contribution < 1.29 is 14.6 Å². The molecule has 0 aromatic heterocycles. The van der Waals surface area contributed by atoms with Crippen LogP contribution >= 0.6 is 0 Å². The molecule has 0 aromatic rings. The van der Waals surface area contributed by atoms with E-state index in [1.165, 1.54) is 13.0 Å². The Hall–Kier alpha value is -0.565. The van der Waals surface area contributed by atoms with E-state index in [2.05, 4.69) is 12.3 Å². The molecule has 1 aliphatic rings. The van der Waals surface area contributed by atoms with Gasteiger partial charge in [-0.3, -0.25) is 0 Å². The first-order valence-corrected chi connectivity index (χ1v) is 4.75. The molecule has 4 atom stereocenters. The standard InChI is InChI=1S/C10H16BFO2/c1-3-4-10(6-13)5-7(11)9(2,12)8(10)14/h4,7-8,13-14H,1,5-6,11H2,2H3/t7-,8-,9?,10-/m1/s1. The van der Waals surface area contributed by atoms with E-state index < -0.39 is 17.2 Å². The van der Waals surface area contributed by atoms with E-state index in [0.29, 0.717) is 6.42 Å². The second-order valence-corrected chi connectivity index (χ2v) is 4.40. The molecular formula is C10H16BFO2. The Morgan fingerprint density at radius 3 is 2.64 bits per heavy atom. The van der Waals surface area contributed by atoms with Gasteiger partial charge >= 0.3 is 0 Å². The van der Waals surface area contributed by atoms with Crippen LogP contribution < -0.4 is 0 Å². The first-order valence-electron chi connectivity index (χ1n) is 4.75. The Kier molecular flexibility index (Phi) is 2.91. The molecule has 0 radical (unpaired) electrons. The van der Waals surface area contributed by atoms with Gasteiger partial charge in [-0.1, -0.05) is 6.58 Å². The number of halogens is 1. The van der Waals surface area contributed by atoms with Gasteiger partial charge in [0.05, 0.1) is 12.7 Å². The van der Waals surface area contributed by atoms with Crippen molar-refractivity contribution in [3.05, 3.63) is 18.4 Å². The highest BCUT2D eigenvalue weighted by Gasteiger charge is 2.57. The van der Waals surface area contributed by atoms with E-state index >= 15 is 0 Å². The second kappa shape index (κ2) is 3.54. The van der Waals surface area contributed by atoms with Crippen LogP contribution in [0.5, 0.6) is 0 Å². The smallest absolute Gasteiger partial charge is 0.130 e. The molecule has 78 valence electrons. The van der Waals surface area contributed by atoms with Crippen LogP contribution in [0, 0.1) is 5.41 Å². The number of aliphatic hydroxyl groups is 2. The molecular weight excluding hydrogens is 182 g/mol. The molecule has 0 bridgehead atoms. The van der Waals surface area contributed by atoms with E-state index in [4.69, 9.17) is 0 Å². The molecule has 4 heteroatoms. The Balaban J connectivity index is 3.09. The zero-order valence-corrected chi connectivity index (χ0v) is 8.63. The summed E-state index contributed by atoms with van der Waals surface area (Å²) < 4.78 is 14.0. The summed E-state index contributed by atoms with van der Waals surface area (Å²) in [6.45, 7) is 4.49. The highest BCUT2D eigenvalue weighted by Crippen LogP contribution is 2.52. The third-order valence-corrected chi connectivity index (χ3v) is 3.41. The van der Waals surface area contributed by atoms with E-state index in [1.54, 1.807) is 7.85 Å². The Bertz CT molecular complexity index is 273. The molecule has 0 amide bonds. The van der Waals surface area contributed by atoms with Gasteiger partial charge in [0.1, 0.15) is 13.5 Å². The van der Waals surface area contributed by atoms with E-state index in [1.807, 2.05) is 0 Å². The Morgan fingerprint density at radius 2 is 2.36 bits per heavy atom. The summed E-state index contributed by atoms with van der Waals surface area (Å²) in [7, 11) is 1.73. The molecule has 0 aliphatic heterocycles. The summed E-state index contributed by atoms with van der Waals surface area (Å²) in [5.74, 6) is -0.283. The first kappa shape index (κ1) is 11.5.